The standard InChI is InChI=1S/C30H25ClO2/c1-21-12-14-23(15-13-21)28(32)20-27(22-16-18-26(31)19-17-22)29(24-8-4-2-5-9-24)30(33)25-10-6-3-7-11-25/h2-19,27,29H,20H2,1H3. The van der Waals surface area contributed by atoms with Crippen LogP contribution in [-0.2, 0) is 0 Å². The molecule has 164 valence electrons. The molecular formula is C30H25ClO2. The van der Waals surface area contributed by atoms with Crippen LogP contribution in [0.25, 0.3) is 0 Å². The van der Waals surface area contributed by atoms with Gasteiger partial charge in [-0.25, -0.2) is 0 Å². The van der Waals surface area contributed by atoms with E-state index in [1.54, 1.807) is 0 Å². The quantitative estimate of drug-likeness (QED) is 0.257. The molecule has 2 atom stereocenters. The maximum absolute atomic E-state index is 13.9. The SMILES string of the molecule is Cc1ccc(C(=O)CC(c2ccc(Cl)cc2)C(C(=O)c2ccccc2)c2ccccc2)cc1. The Hall–Kier alpha value is -3.49. The summed E-state index contributed by atoms with van der Waals surface area (Å²) in [4.78, 5) is 27.2. The van der Waals surface area contributed by atoms with Crippen molar-refractivity contribution in [1.82, 2.24) is 0 Å². The molecule has 3 heteroatoms. The van der Waals surface area contributed by atoms with Crippen LogP contribution < -0.4 is 0 Å². The second-order valence-corrected chi connectivity index (χ2v) is 8.71. The molecule has 2 nitrogen and oxygen atoms in total. The fraction of sp³-hybridized carbons (Fsp3) is 0.133. The third kappa shape index (κ3) is 5.47. The Labute approximate surface area is 199 Å². The van der Waals surface area contributed by atoms with Crippen molar-refractivity contribution in [3.8, 4) is 0 Å². The number of carbonyl (C=O) groups is 2. The molecule has 0 aliphatic heterocycles. The molecule has 0 aromatic heterocycles. The smallest absolute Gasteiger partial charge is 0.170 e. The summed E-state index contributed by atoms with van der Waals surface area (Å²) in [5.74, 6) is -0.842. The van der Waals surface area contributed by atoms with Crippen LogP contribution in [-0.4, -0.2) is 11.6 Å². The lowest BCUT2D eigenvalue weighted by Crippen LogP contribution is -2.23. The number of halogens is 1. The van der Waals surface area contributed by atoms with Gasteiger partial charge in [0.1, 0.15) is 0 Å². The average molecular weight is 453 g/mol. The van der Waals surface area contributed by atoms with Gasteiger partial charge < -0.3 is 0 Å². The van der Waals surface area contributed by atoms with Gasteiger partial charge in [0, 0.05) is 28.5 Å². The zero-order chi connectivity index (χ0) is 23.2. The molecule has 0 spiro atoms. The Balaban J connectivity index is 1.80. The van der Waals surface area contributed by atoms with Crippen LogP contribution in [0.4, 0.5) is 0 Å². The molecule has 0 amide bonds. The summed E-state index contributed by atoms with van der Waals surface area (Å²) in [6, 6.07) is 34.1. The summed E-state index contributed by atoms with van der Waals surface area (Å²) in [7, 11) is 0. The zero-order valence-electron chi connectivity index (χ0n) is 18.4. The number of Topliss-reactive ketones (excluding diaryl/α,β-unsaturated/α-hetero) is 2. The van der Waals surface area contributed by atoms with Crippen molar-refractivity contribution < 1.29 is 9.59 Å². The average Bonchev–Trinajstić information content (AvgIpc) is 2.85. The van der Waals surface area contributed by atoms with Gasteiger partial charge in [0.05, 0.1) is 5.92 Å². The number of carbonyl (C=O) groups excluding carboxylic acids is 2. The highest BCUT2D eigenvalue weighted by Crippen LogP contribution is 2.39. The molecule has 0 saturated heterocycles. The molecule has 4 rings (SSSR count). The lowest BCUT2D eigenvalue weighted by molar-refractivity contribution is 0.0921. The first-order chi connectivity index (χ1) is 16.0. The summed E-state index contributed by atoms with van der Waals surface area (Å²) in [5, 5.41) is 0.619. The van der Waals surface area contributed by atoms with Gasteiger partial charge in [-0.3, -0.25) is 9.59 Å². The third-order valence-corrected chi connectivity index (χ3v) is 6.23. The van der Waals surface area contributed by atoms with E-state index in [1.165, 1.54) is 0 Å². The van der Waals surface area contributed by atoms with Gasteiger partial charge in [-0.05, 0) is 30.2 Å². The van der Waals surface area contributed by atoms with Crippen molar-refractivity contribution in [2.24, 2.45) is 0 Å². The predicted molar refractivity (Wildman–Crippen MR) is 134 cm³/mol. The highest BCUT2D eigenvalue weighted by atomic mass is 35.5. The molecule has 0 radical (unpaired) electrons. The molecule has 4 aromatic carbocycles. The van der Waals surface area contributed by atoms with E-state index in [1.807, 2.05) is 116 Å². The Morgan fingerprint density at radius 1 is 0.667 bits per heavy atom. The van der Waals surface area contributed by atoms with Gasteiger partial charge in [-0.2, -0.15) is 0 Å². The van der Waals surface area contributed by atoms with Crippen molar-refractivity contribution in [3.63, 3.8) is 0 Å². The van der Waals surface area contributed by atoms with Gasteiger partial charge in [0.25, 0.3) is 0 Å². The van der Waals surface area contributed by atoms with E-state index in [-0.39, 0.29) is 23.9 Å². The molecular weight excluding hydrogens is 428 g/mol. The van der Waals surface area contributed by atoms with E-state index in [0.29, 0.717) is 16.1 Å². The van der Waals surface area contributed by atoms with Crippen molar-refractivity contribution >= 4 is 23.2 Å². The fourth-order valence-electron chi connectivity index (χ4n) is 4.20. The summed E-state index contributed by atoms with van der Waals surface area (Å²) in [6.45, 7) is 1.99. The number of hydrogen-bond donors (Lipinski definition) is 0. The molecule has 0 aliphatic carbocycles. The first-order valence-corrected chi connectivity index (χ1v) is 11.4. The molecule has 0 aliphatic rings. The largest absolute Gasteiger partial charge is 0.294 e. The van der Waals surface area contributed by atoms with Crippen molar-refractivity contribution in [1.29, 1.82) is 0 Å². The molecule has 4 aromatic rings. The second kappa shape index (κ2) is 10.4. The lowest BCUT2D eigenvalue weighted by atomic mass is 9.74. The highest BCUT2D eigenvalue weighted by molar-refractivity contribution is 6.30. The van der Waals surface area contributed by atoms with Crippen LogP contribution in [0.1, 0.15) is 55.7 Å². The van der Waals surface area contributed by atoms with Crippen LogP contribution in [0.15, 0.2) is 109 Å². The van der Waals surface area contributed by atoms with Gasteiger partial charge in [-0.1, -0.05) is 114 Å². The van der Waals surface area contributed by atoms with Gasteiger partial charge >= 0.3 is 0 Å². The van der Waals surface area contributed by atoms with E-state index in [0.717, 1.165) is 16.7 Å². The van der Waals surface area contributed by atoms with E-state index >= 15 is 0 Å². The Bertz CT molecular complexity index is 1210. The van der Waals surface area contributed by atoms with Crippen molar-refractivity contribution in [2.45, 2.75) is 25.2 Å². The van der Waals surface area contributed by atoms with Crippen molar-refractivity contribution in [3.05, 3.63) is 142 Å². The van der Waals surface area contributed by atoms with Crippen LogP contribution >= 0.6 is 11.6 Å². The molecule has 0 heterocycles. The second-order valence-electron chi connectivity index (χ2n) is 8.27. The normalized spacial score (nSPS) is 12.7. The minimum Gasteiger partial charge on any atom is -0.294 e. The van der Waals surface area contributed by atoms with Gasteiger partial charge in [-0.15, -0.1) is 0 Å². The summed E-state index contributed by atoms with van der Waals surface area (Å²) in [6.07, 6.45) is 0.211. The number of benzene rings is 4. The van der Waals surface area contributed by atoms with Crippen molar-refractivity contribution in [2.75, 3.05) is 0 Å². The van der Waals surface area contributed by atoms with Gasteiger partial charge in [0.15, 0.2) is 11.6 Å². The minimum atomic E-state index is -0.510. The first kappa shape index (κ1) is 22.7. The number of ketones is 2. The molecule has 0 saturated carbocycles. The van der Waals surface area contributed by atoms with E-state index in [2.05, 4.69) is 0 Å². The summed E-state index contributed by atoms with van der Waals surface area (Å²) >= 11 is 6.15. The Morgan fingerprint density at radius 3 is 1.85 bits per heavy atom. The van der Waals surface area contributed by atoms with Gasteiger partial charge in [0.2, 0.25) is 0 Å². The predicted octanol–water partition coefficient (Wildman–Crippen LogP) is 7.67. The molecule has 2 unspecified atom stereocenters. The molecule has 0 N–H and O–H groups in total. The lowest BCUT2D eigenvalue weighted by Gasteiger charge is -2.27. The summed E-state index contributed by atoms with van der Waals surface area (Å²) < 4.78 is 0. The van der Waals surface area contributed by atoms with Crippen LogP contribution in [0.2, 0.25) is 5.02 Å². The highest BCUT2D eigenvalue weighted by Gasteiger charge is 2.33. The fourth-order valence-corrected chi connectivity index (χ4v) is 4.33. The van der Waals surface area contributed by atoms with Crippen LogP contribution in [0.3, 0.4) is 0 Å². The van der Waals surface area contributed by atoms with Crippen LogP contribution in [0.5, 0.6) is 0 Å². The molecule has 33 heavy (non-hydrogen) atoms. The monoisotopic (exact) mass is 452 g/mol. The Morgan fingerprint density at radius 2 is 1.24 bits per heavy atom. The topological polar surface area (TPSA) is 34.1 Å². The maximum atomic E-state index is 13.9. The summed E-state index contributed by atoms with van der Waals surface area (Å²) in [5.41, 5.74) is 4.19. The first-order valence-electron chi connectivity index (χ1n) is 11.0. The van der Waals surface area contributed by atoms with E-state index in [4.69, 9.17) is 11.6 Å². The Kier molecular flexibility index (Phi) is 7.16. The minimum absolute atomic E-state index is 0.00143. The van der Waals surface area contributed by atoms with Crippen LogP contribution in [0, 0.1) is 6.92 Å². The van der Waals surface area contributed by atoms with E-state index in [9.17, 15) is 9.59 Å². The third-order valence-electron chi connectivity index (χ3n) is 5.98. The number of aryl methyl sites for hydroxylation is 1. The molecule has 0 bridgehead atoms. The molecule has 0 fully saturated rings. The zero-order valence-corrected chi connectivity index (χ0v) is 19.2. The number of rotatable bonds is 8. The maximum Gasteiger partial charge on any atom is 0.170 e. The van der Waals surface area contributed by atoms with E-state index < -0.39 is 5.92 Å². The number of hydrogen-bond acceptors (Lipinski definition) is 2.